The van der Waals surface area contributed by atoms with Gasteiger partial charge in [-0.1, -0.05) is 25.5 Å². The molecule has 0 radical (unpaired) electrons. The average molecular weight is 482 g/mol. The highest BCUT2D eigenvalue weighted by molar-refractivity contribution is 5.97. The van der Waals surface area contributed by atoms with Crippen LogP contribution in [0.5, 0.6) is 0 Å². The number of carbonyl (C=O) groups is 3. The fourth-order valence-corrected chi connectivity index (χ4v) is 4.25. The van der Waals surface area contributed by atoms with Crippen molar-refractivity contribution in [1.29, 1.82) is 0 Å². The first kappa shape index (κ1) is 26.2. The lowest BCUT2D eigenvalue weighted by molar-refractivity contribution is 0.0943. The Kier molecular flexibility index (Phi) is 9.66. The summed E-state index contributed by atoms with van der Waals surface area (Å²) in [5.74, 6) is -0.628. The second-order valence-electron chi connectivity index (χ2n) is 8.56. The highest BCUT2D eigenvalue weighted by Gasteiger charge is 2.31. The van der Waals surface area contributed by atoms with Crippen molar-refractivity contribution in [3.05, 3.63) is 58.7 Å². The van der Waals surface area contributed by atoms with Crippen molar-refractivity contribution in [2.24, 2.45) is 5.73 Å². The summed E-state index contributed by atoms with van der Waals surface area (Å²) in [4.78, 5) is 36.7. The SMILES string of the molecule is CCCCNC(=O)c1ccc2c(c1)C(COC(N)=O)c1cc(C(=O)NCCCCOCC)ccc1-2. The lowest BCUT2D eigenvalue weighted by Crippen LogP contribution is -2.25. The quantitative estimate of drug-likeness (QED) is 0.374. The van der Waals surface area contributed by atoms with Crippen molar-refractivity contribution in [1.82, 2.24) is 10.6 Å². The van der Waals surface area contributed by atoms with Gasteiger partial charge >= 0.3 is 6.09 Å². The minimum Gasteiger partial charge on any atom is -0.449 e. The van der Waals surface area contributed by atoms with Gasteiger partial charge in [0.15, 0.2) is 0 Å². The van der Waals surface area contributed by atoms with Crippen molar-refractivity contribution >= 4 is 17.9 Å². The molecular formula is C27H35N3O5. The zero-order chi connectivity index (χ0) is 25.2. The first-order chi connectivity index (χ1) is 17.0. The van der Waals surface area contributed by atoms with E-state index in [1.54, 1.807) is 12.1 Å². The normalized spacial score (nSPS) is 13.6. The summed E-state index contributed by atoms with van der Waals surface area (Å²) in [6.07, 6.45) is 2.76. The van der Waals surface area contributed by atoms with E-state index in [1.807, 2.05) is 31.2 Å². The van der Waals surface area contributed by atoms with Crippen molar-refractivity contribution in [2.45, 2.75) is 45.4 Å². The Morgan fingerprint density at radius 2 is 1.43 bits per heavy atom. The molecule has 35 heavy (non-hydrogen) atoms. The van der Waals surface area contributed by atoms with Crippen LogP contribution in [0, 0.1) is 0 Å². The zero-order valence-electron chi connectivity index (χ0n) is 20.5. The molecule has 0 saturated carbocycles. The molecule has 1 aliphatic carbocycles. The molecule has 8 heteroatoms. The van der Waals surface area contributed by atoms with Crippen LogP contribution in [-0.4, -0.2) is 50.8 Å². The Hall–Kier alpha value is -3.39. The van der Waals surface area contributed by atoms with Crippen LogP contribution in [0.1, 0.15) is 77.3 Å². The number of amides is 3. The van der Waals surface area contributed by atoms with Gasteiger partial charge in [0, 0.05) is 43.3 Å². The van der Waals surface area contributed by atoms with Gasteiger partial charge in [-0.25, -0.2) is 4.79 Å². The number of nitrogens with two attached hydrogens (primary N) is 1. The predicted octanol–water partition coefficient (Wildman–Crippen LogP) is 3.97. The Balaban J connectivity index is 1.79. The molecule has 1 unspecified atom stereocenters. The maximum atomic E-state index is 12.7. The zero-order valence-corrected chi connectivity index (χ0v) is 20.5. The minimum absolute atomic E-state index is 0.0265. The number of ether oxygens (including phenoxy) is 2. The van der Waals surface area contributed by atoms with E-state index in [0.717, 1.165) is 47.9 Å². The van der Waals surface area contributed by atoms with Crippen LogP contribution in [0.2, 0.25) is 0 Å². The first-order valence-electron chi connectivity index (χ1n) is 12.3. The molecule has 0 aromatic heterocycles. The van der Waals surface area contributed by atoms with Gasteiger partial charge in [0.2, 0.25) is 0 Å². The molecule has 0 saturated heterocycles. The van der Waals surface area contributed by atoms with Gasteiger partial charge in [-0.15, -0.1) is 0 Å². The molecule has 0 heterocycles. The van der Waals surface area contributed by atoms with Crippen LogP contribution < -0.4 is 16.4 Å². The molecule has 1 aliphatic rings. The van der Waals surface area contributed by atoms with E-state index in [2.05, 4.69) is 17.6 Å². The van der Waals surface area contributed by atoms with E-state index in [0.29, 0.717) is 37.4 Å². The molecule has 2 aromatic rings. The van der Waals surface area contributed by atoms with E-state index in [9.17, 15) is 14.4 Å². The number of hydrogen-bond donors (Lipinski definition) is 3. The molecule has 0 fully saturated rings. The third-order valence-electron chi connectivity index (χ3n) is 6.08. The van der Waals surface area contributed by atoms with Gasteiger partial charge in [-0.05, 0) is 72.7 Å². The number of carbonyl (C=O) groups excluding carboxylic acids is 3. The topological polar surface area (TPSA) is 120 Å². The lowest BCUT2D eigenvalue weighted by atomic mass is 9.95. The smallest absolute Gasteiger partial charge is 0.404 e. The molecule has 188 valence electrons. The molecule has 8 nitrogen and oxygen atoms in total. The number of unbranched alkanes of at least 4 members (excludes halogenated alkanes) is 2. The molecule has 1 atom stereocenters. The molecule has 0 aliphatic heterocycles. The minimum atomic E-state index is -0.866. The number of nitrogens with one attached hydrogen (secondary N) is 2. The fourth-order valence-electron chi connectivity index (χ4n) is 4.25. The molecule has 0 bridgehead atoms. The van der Waals surface area contributed by atoms with Crippen LogP contribution >= 0.6 is 0 Å². The van der Waals surface area contributed by atoms with Gasteiger partial charge in [0.05, 0.1) is 0 Å². The monoisotopic (exact) mass is 481 g/mol. The Morgan fingerprint density at radius 1 is 0.857 bits per heavy atom. The van der Waals surface area contributed by atoms with Crippen LogP contribution in [-0.2, 0) is 9.47 Å². The third kappa shape index (κ3) is 6.82. The lowest BCUT2D eigenvalue weighted by Gasteiger charge is -2.15. The van der Waals surface area contributed by atoms with E-state index in [4.69, 9.17) is 15.2 Å². The Morgan fingerprint density at radius 3 is 1.94 bits per heavy atom. The predicted molar refractivity (Wildman–Crippen MR) is 135 cm³/mol. The molecule has 0 spiro atoms. The second kappa shape index (κ2) is 12.9. The number of fused-ring (bicyclic) bond motifs is 3. The fraction of sp³-hybridized carbons (Fsp3) is 0.444. The van der Waals surface area contributed by atoms with Crippen LogP contribution in [0.3, 0.4) is 0 Å². The van der Waals surface area contributed by atoms with Gasteiger partial charge in [-0.2, -0.15) is 0 Å². The standard InChI is InChI=1S/C27H35N3O5/c1-3-5-12-29-25(31)18-8-10-20-21-11-9-19(26(32)30-13-6-7-14-34-4-2)16-23(21)24(22(20)15-18)17-35-27(28)33/h8-11,15-16,24H,3-7,12-14,17H2,1-2H3,(H2,28,33)(H,29,31)(H,30,32). The van der Waals surface area contributed by atoms with E-state index in [-0.39, 0.29) is 24.3 Å². The van der Waals surface area contributed by atoms with Crippen molar-refractivity contribution in [3.8, 4) is 11.1 Å². The maximum Gasteiger partial charge on any atom is 0.404 e. The van der Waals surface area contributed by atoms with Gasteiger partial charge < -0.3 is 25.8 Å². The van der Waals surface area contributed by atoms with E-state index >= 15 is 0 Å². The first-order valence-corrected chi connectivity index (χ1v) is 12.3. The van der Waals surface area contributed by atoms with Crippen molar-refractivity contribution < 1.29 is 23.9 Å². The molecule has 3 amide bonds. The number of hydrogen-bond acceptors (Lipinski definition) is 5. The summed E-state index contributed by atoms with van der Waals surface area (Å²) in [5.41, 5.74) is 9.95. The van der Waals surface area contributed by atoms with Gasteiger partial charge in [-0.3, -0.25) is 9.59 Å². The molecule has 4 N–H and O–H groups in total. The highest BCUT2D eigenvalue weighted by atomic mass is 16.5. The average Bonchev–Trinajstić information content (AvgIpc) is 3.16. The molecular weight excluding hydrogens is 446 g/mol. The van der Waals surface area contributed by atoms with Gasteiger partial charge in [0.25, 0.3) is 11.8 Å². The summed E-state index contributed by atoms with van der Waals surface area (Å²) in [6, 6.07) is 11.1. The van der Waals surface area contributed by atoms with E-state index in [1.165, 1.54) is 0 Å². The number of rotatable bonds is 13. The summed E-state index contributed by atoms with van der Waals surface area (Å²) in [6.45, 7) is 6.61. The van der Waals surface area contributed by atoms with Gasteiger partial charge in [0.1, 0.15) is 6.61 Å². The summed E-state index contributed by atoms with van der Waals surface area (Å²) in [7, 11) is 0. The Labute approximate surface area is 206 Å². The third-order valence-corrected chi connectivity index (χ3v) is 6.08. The summed E-state index contributed by atoms with van der Waals surface area (Å²) < 4.78 is 10.5. The van der Waals surface area contributed by atoms with E-state index < -0.39 is 6.09 Å². The Bertz CT molecular complexity index is 1050. The highest BCUT2D eigenvalue weighted by Crippen LogP contribution is 2.45. The second-order valence-corrected chi connectivity index (χ2v) is 8.56. The number of primary amides is 1. The number of benzene rings is 2. The van der Waals surface area contributed by atoms with Crippen molar-refractivity contribution in [3.63, 3.8) is 0 Å². The van der Waals surface area contributed by atoms with Crippen molar-refractivity contribution in [2.75, 3.05) is 32.9 Å². The summed E-state index contributed by atoms with van der Waals surface area (Å²) >= 11 is 0. The van der Waals surface area contributed by atoms with Crippen LogP contribution in [0.25, 0.3) is 11.1 Å². The molecule has 2 aromatic carbocycles. The van der Waals surface area contributed by atoms with Crippen LogP contribution in [0.15, 0.2) is 36.4 Å². The summed E-state index contributed by atoms with van der Waals surface area (Å²) in [5, 5.41) is 5.88. The molecule has 3 rings (SSSR count). The maximum absolute atomic E-state index is 12.7. The van der Waals surface area contributed by atoms with Crippen LogP contribution in [0.4, 0.5) is 4.79 Å². The largest absolute Gasteiger partial charge is 0.449 e.